The zero-order valence-corrected chi connectivity index (χ0v) is 12.1. The van der Waals surface area contributed by atoms with Gasteiger partial charge in [-0.1, -0.05) is 13.8 Å². The van der Waals surface area contributed by atoms with Crippen LogP contribution in [0, 0.1) is 0 Å². The third-order valence-electron chi connectivity index (χ3n) is 3.63. The largest absolute Gasteiger partial charge is 0.379 e. The van der Waals surface area contributed by atoms with Crippen LogP contribution < -0.4 is 5.73 Å². The lowest BCUT2D eigenvalue weighted by Crippen LogP contribution is -2.35. The van der Waals surface area contributed by atoms with Crippen molar-refractivity contribution < 1.29 is 4.74 Å². The van der Waals surface area contributed by atoms with Crippen molar-refractivity contribution in [2.24, 2.45) is 5.73 Å². The van der Waals surface area contributed by atoms with Crippen molar-refractivity contribution in [1.82, 2.24) is 9.88 Å². The van der Waals surface area contributed by atoms with Crippen LogP contribution in [0.25, 0.3) is 0 Å². The zero-order valence-electron chi connectivity index (χ0n) is 12.1. The number of ether oxygens (including phenoxy) is 1. The van der Waals surface area contributed by atoms with Crippen molar-refractivity contribution in [3.8, 4) is 0 Å². The maximum absolute atomic E-state index is 6.17. The molecule has 19 heavy (non-hydrogen) atoms. The summed E-state index contributed by atoms with van der Waals surface area (Å²) in [5.41, 5.74) is 8.42. The highest BCUT2D eigenvalue weighted by atomic mass is 16.5. The summed E-state index contributed by atoms with van der Waals surface area (Å²) in [4.78, 5) is 6.81. The molecule has 0 unspecified atom stereocenters. The van der Waals surface area contributed by atoms with Gasteiger partial charge in [-0.15, -0.1) is 0 Å². The van der Waals surface area contributed by atoms with E-state index in [0.29, 0.717) is 0 Å². The average Bonchev–Trinajstić information content (AvgIpc) is 3.22. The molecule has 0 atom stereocenters. The Hall–Kier alpha value is -0.970. The fraction of sp³-hybridized carbons (Fsp3) is 0.667. The topological polar surface area (TPSA) is 51.4 Å². The minimum atomic E-state index is -0.124. The molecule has 1 saturated carbocycles. The summed E-state index contributed by atoms with van der Waals surface area (Å²) in [6.45, 7) is 8.71. The van der Waals surface area contributed by atoms with E-state index in [9.17, 15) is 0 Å². The third-order valence-corrected chi connectivity index (χ3v) is 3.63. The smallest absolute Gasteiger partial charge is 0.0605 e. The molecule has 0 radical (unpaired) electrons. The second-order valence-corrected chi connectivity index (χ2v) is 5.09. The second kappa shape index (κ2) is 6.46. The summed E-state index contributed by atoms with van der Waals surface area (Å²) in [6, 6.07) is 4.26. The zero-order chi connectivity index (χ0) is 13.7. The Bertz CT molecular complexity index is 398. The van der Waals surface area contributed by atoms with Crippen LogP contribution in [0.4, 0.5) is 0 Å². The van der Waals surface area contributed by atoms with Crippen LogP contribution in [0.1, 0.15) is 37.9 Å². The number of pyridine rings is 1. The summed E-state index contributed by atoms with van der Waals surface area (Å²) in [5, 5.41) is 0. The molecule has 2 heterocycles. The molecule has 3 rings (SSSR count). The summed E-state index contributed by atoms with van der Waals surface area (Å²) in [6.07, 6.45) is 4.03. The normalized spacial score (nSPS) is 21.4. The fourth-order valence-corrected chi connectivity index (χ4v) is 2.25. The molecule has 0 bridgehead atoms. The highest BCUT2D eigenvalue weighted by Crippen LogP contribution is 2.41. The molecule has 1 aliphatic carbocycles. The average molecular weight is 263 g/mol. The number of hydrogen-bond acceptors (Lipinski definition) is 4. The first kappa shape index (κ1) is 14.4. The molecule has 1 aromatic rings. The van der Waals surface area contributed by atoms with Gasteiger partial charge in [-0.2, -0.15) is 0 Å². The van der Waals surface area contributed by atoms with Crippen LogP contribution in [-0.2, 0) is 16.8 Å². The van der Waals surface area contributed by atoms with E-state index in [1.807, 2.05) is 20.0 Å². The molecule has 2 N–H and O–H groups in total. The van der Waals surface area contributed by atoms with Gasteiger partial charge in [0, 0.05) is 25.8 Å². The third kappa shape index (κ3) is 3.75. The molecule has 2 fully saturated rings. The van der Waals surface area contributed by atoms with Gasteiger partial charge in [-0.05, 0) is 30.5 Å². The Kier molecular flexibility index (Phi) is 4.91. The van der Waals surface area contributed by atoms with Crippen molar-refractivity contribution in [3.05, 3.63) is 29.6 Å². The van der Waals surface area contributed by atoms with E-state index in [4.69, 9.17) is 10.5 Å². The lowest BCUT2D eigenvalue weighted by Gasteiger charge is -2.26. The van der Waals surface area contributed by atoms with Gasteiger partial charge in [0.1, 0.15) is 0 Å². The van der Waals surface area contributed by atoms with Crippen molar-refractivity contribution >= 4 is 0 Å². The predicted octanol–water partition coefficient (Wildman–Crippen LogP) is 1.89. The maximum Gasteiger partial charge on any atom is 0.0605 e. The number of nitrogens with two attached hydrogens (primary N) is 1. The van der Waals surface area contributed by atoms with E-state index in [-0.39, 0.29) is 5.54 Å². The maximum atomic E-state index is 6.17. The number of rotatable bonds is 3. The van der Waals surface area contributed by atoms with Gasteiger partial charge in [0.25, 0.3) is 0 Å². The Balaban J connectivity index is 0.000000637. The van der Waals surface area contributed by atoms with Crippen molar-refractivity contribution in [3.63, 3.8) is 0 Å². The summed E-state index contributed by atoms with van der Waals surface area (Å²) in [7, 11) is 0. The lowest BCUT2D eigenvalue weighted by molar-refractivity contribution is 0.0341. The van der Waals surface area contributed by atoms with Gasteiger partial charge in [-0.3, -0.25) is 9.88 Å². The highest BCUT2D eigenvalue weighted by molar-refractivity contribution is 5.26. The predicted molar refractivity (Wildman–Crippen MR) is 76.8 cm³/mol. The number of aromatic nitrogens is 1. The molecule has 106 valence electrons. The fourth-order valence-electron chi connectivity index (χ4n) is 2.25. The molecule has 4 heteroatoms. The number of hydrogen-bond donors (Lipinski definition) is 1. The molecule has 0 aromatic carbocycles. The molecule has 1 saturated heterocycles. The Morgan fingerprint density at radius 1 is 1.32 bits per heavy atom. The first-order valence-electron chi connectivity index (χ1n) is 7.31. The van der Waals surface area contributed by atoms with E-state index in [0.717, 1.165) is 51.4 Å². The summed E-state index contributed by atoms with van der Waals surface area (Å²) in [5.74, 6) is 0. The molecular weight excluding hydrogens is 238 g/mol. The van der Waals surface area contributed by atoms with Gasteiger partial charge in [-0.25, -0.2) is 0 Å². The Morgan fingerprint density at radius 2 is 2.00 bits per heavy atom. The van der Waals surface area contributed by atoms with Gasteiger partial charge in [0.2, 0.25) is 0 Å². The van der Waals surface area contributed by atoms with E-state index in [1.165, 1.54) is 5.56 Å². The Labute approximate surface area is 116 Å². The molecule has 2 aliphatic rings. The number of morpholine rings is 1. The van der Waals surface area contributed by atoms with E-state index < -0.39 is 0 Å². The first-order chi connectivity index (χ1) is 9.26. The van der Waals surface area contributed by atoms with Crippen LogP contribution in [0.2, 0.25) is 0 Å². The molecule has 4 nitrogen and oxygen atoms in total. The van der Waals surface area contributed by atoms with Crippen molar-refractivity contribution in [2.75, 3.05) is 26.3 Å². The van der Waals surface area contributed by atoms with Gasteiger partial charge in [0.05, 0.1) is 24.4 Å². The van der Waals surface area contributed by atoms with Crippen molar-refractivity contribution in [2.45, 2.75) is 38.8 Å². The van der Waals surface area contributed by atoms with E-state index in [2.05, 4.69) is 22.0 Å². The minimum Gasteiger partial charge on any atom is -0.379 e. The van der Waals surface area contributed by atoms with Crippen LogP contribution in [0.3, 0.4) is 0 Å². The highest BCUT2D eigenvalue weighted by Gasteiger charge is 2.41. The van der Waals surface area contributed by atoms with E-state index in [1.54, 1.807) is 0 Å². The first-order valence-corrected chi connectivity index (χ1v) is 7.31. The lowest BCUT2D eigenvalue weighted by atomic mass is 10.1. The Morgan fingerprint density at radius 3 is 2.63 bits per heavy atom. The van der Waals surface area contributed by atoms with Gasteiger partial charge >= 0.3 is 0 Å². The molecule has 0 amide bonds. The monoisotopic (exact) mass is 263 g/mol. The minimum absolute atomic E-state index is 0.124. The molecule has 1 aromatic heterocycles. The van der Waals surface area contributed by atoms with Gasteiger partial charge in [0.15, 0.2) is 0 Å². The number of nitrogens with zero attached hydrogens (tertiary/aromatic N) is 2. The second-order valence-electron chi connectivity index (χ2n) is 5.09. The van der Waals surface area contributed by atoms with Crippen LogP contribution in [0.5, 0.6) is 0 Å². The van der Waals surface area contributed by atoms with Crippen molar-refractivity contribution in [1.29, 1.82) is 0 Å². The van der Waals surface area contributed by atoms with E-state index >= 15 is 0 Å². The van der Waals surface area contributed by atoms with Gasteiger partial charge < -0.3 is 10.5 Å². The summed E-state index contributed by atoms with van der Waals surface area (Å²) < 4.78 is 5.35. The van der Waals surface area contributed by atoms with Crippen LogP contribution in [0.15, 0.2) is 18.3 Å². The molecular formula is C15H25N3O. The molecule has 1 aliphatic heterocycles. The van der Waals surface area contributed by atoms with Crippen LogP contribution >= 0.6 is 0 Å². The molecule has 0 spiro atoms. The van der Waals surface area contributed by atoms with Crippen LogP contribution in [-0.4, -0.2) is 36.2 Å². The summed E-state index contributed by atoms with van der Waals surface area (Å²) >= 11 is 0. The standard InChI is InChI=1S/C13H19N3O.C2H6/c14-13(2-3-13)12-9-11(1-4-15-12)10-16-5-7-17-8-6-16;1-2/h1,4,9H,2-3,5-8,10,14H2;1-2H3. The quantitative estimate of drug-likeness (QED) is 0.905. The SMILES string of the molecule is CC.NC1(c2cc(CN3CCOCC3)ccn2)CC1.